The zero-order valence-corrected chi connectivity index (χ0v) is 6.40. The van der Waals surface area contributed by atoms with Gasteiger partial charge < -0.3 is 9.94 Å². The molecule has 0 aromatic carbocycles. The Labute approximate surface area is 65.8 Å². The van der Waals surface area contributed by atoms with Crippen molar-refractivity contribution in [1.29, 1.82) is 0 Å². The van der Waals surface area contributed by atoms with Crippen LogP contribution >= 0.6 is 0 Å². The van der Waals surface area contributed by atoms with Gasteiger partial charge in [0.25, 0.3) is 0 Å². The van der Waals surface area contributed by atoms with Gasteiger partial charge in [0.15, 0.2) is 0 Å². The lowest BCUT2D eigenvalue weighted by molar-refractivity contribution is -1.09. The Morgan fingerprint density at radius 3 is 3.09 bits per heavy atom. The molecule has 0 aromatic rings. The van der Waals surface area contributed by atoms with Crippen LogP contribution in [0.4, 0.5) is 0 Å². The van der Waals surface area contributed by atoms with Gasteiger partial charge in [-0.15, -0.1) is 6.58 Å². The summed E-state index contributed by atoms with van der Waals surface area (Å²) in [5.74, 6) is 0. The number of nitrogens with zero attached hydrogens (tertiary/aromatic N) is 1. The molecule has 2 unspecified atom stereocenters. The van der Waals surface area contributed by atoms with Crippen molar-refractivity contribution in [2.24, 2.45) is 0 Å². The average Bonchev–Trinajstić information content (AvgIpc) is 1.94. The highest BCUT2D eigenvalue weighted by molar-refractivity contribution is 4.74. The van der Waals surface area contributed by atoms with Gasteiger partial charge in [0.2, 0.25) is 0 Å². The Hall–Kier alpha value is -0.420. The van der Waals surface area contributed by atoms with E-state index in [9.17, 15) is 10.4 Å². The molecule has 4 nitrogen and oxygen atoms in total. The summed E-state index contributed by atoms with van der Waals surface area (Å²) in [7, 11) is 0. The quantitative estimate of drug-likeness (QED) is 0.366. The van der Waals surface area contributed by atoms with Crippen LogP contribution in [-0.4, -0.2) is 35.8 Å². The molecule has 4 heteroatoms. The fourth-order valence-corrected chi connectivity index (χ4v) is 1.14. The molecule has 0 bridgehead atoms. The standard InChI is InChI=1S/C7H13NO3/c1-2-3-7-6-11-5-4-8(7,9)10/h2,7,9H,1,3-6H2. The van der Waals surface area contributed by atoms with Crippen LogP contribution in [0.5, 0.6) is 0 Å². The highest BCUT2D eigenvalue weighted by Crippen LogP contribution is 2.16. The van der Waals surface area contributed by atoms with Crippen LogP contribution < -0.4 is 0 Å². The molecule has 1 fully saturated rings. The van der Waals surface area contributed by atoms with E-state index in [4.69, 9.17) is 4.74 Å². The normalized spacial score (nSPS) is 38.5. The second kappa shape index (κ2) is 3.32. The number of hydroxylamine groups is 4. The molecule has 1 aliphatic rings. The maximum atomic E-state index is 11.2. The summed E-state index contributed by atoms with van der Waals surface area (Å²) in [6, 6.07) is -0.388. The van der Waals surface area contributed by atoms with Crippen LogP contribution in [0.1, 0.15) is 6.42 Å². The third-order valence-electron chi connectivity index (χ3n) is 1.88. The van der Waals surface area contributed by atoms with E-state index in [1.54, 1.807) is 6.08 Å². The predicted molar refractivity (Wildman–Crippen MR) is 39.7 cm³/mol. The van der Waals surface area contributed by atoms with E-state index >= 15 is 0 Å². The minimum Gasteiger partial charge on any atom is -0.598 e. The van der Waals surface area contributed by atoms with E-state index < -0.39 is 4.81 Å². The second-order valence-electron chi connectivity index (χ2n) is 2.73. The Morgan fingerprint density at radius 1 is 1.82 bits per heavy atom. The highest BCUT2D eigenvalue weighted by Gasteiger charge is 2.30. The molecule has 1 aliphatic heterocycles. The molecule has 0 saturated carbocycles. The van der Waals surface area contributed by atoms with Crippen molar-refractivity contribution in [2.75, 3.05) is 19.8 Å². The van der Waals surface area contributed by atoms with Crippen molar-refractivity contribution in [3.05, 3.63) is 17.9 Å². The van der Waals surface area contributed by atoms with Gasteiger partial charge in [-0.3, -0.25) is 0 Å². The van der Waals surface area contributed by atoms with Crippen LogP contribution in [0.15, 0.2) is 12.7 Å². The summed E-state index contributed by atoms with van der Waals surface area (Å²) < 4.78 is 5.05. The van der Waals surface area contributed by atoms with Crippen molar-refractivity contribution in [3.63, 3.8) is 0 Å². The van der Waals surface area contributed by atoms with Crippen LogP contribution in [0, 0.1) is 5.21 Å². The molecule has 11 heavy (non-hydrogen) atoms. The highest BCUT2D eigenvalue weighted by atomic mass is 16.8. The topological polar surface area (TPSA) is 52.5 Å². The van der Waals surface area contributed by atoms with Crippen molar-refractivity contribution < 1.29 is 14.8 Å². The summed E-state index contributed by atoms with van der Waals surface area (Å²) in [6.07, 6.45) is 2.13. The van der Waals surface area contributed by atoms with Gasteiger partial charge in [-0.2, -0.15) is 0 Å². The number of ether oxygens (including phenoxy) is 1. The molecular weight excluding hydrogens is 146 g/mol. The van der Waals surface area contributed by atoms with E-state index in [0.717, 1.165) is 0 Å². The zero-order chi connectivity index (χ0) is 8.32. The van der Waals surface area contributed by atoms with E-state index in [1.807, 2.05) is 0 Å². The van der Waals surface area contributed by atoms with Crippen molar-refractivity contribution in [3.8, 4) is 0 Å². The molecular formula is C7H13NO3. The number of quaternary nitrogens is 1. The van der Waals surface area contributed by atoms with Gasteiger partial charge in [-0.1, -0.05) is 6.08 Å². The third kappa shape index (κ3) is 2.00. The Kier molecular flexibility index (Phi) is 2.62. The van der Waals surface area contributed by atoms with Crippen molar-refractivity contribution in [1.82, 2.24) is 0 Å². The molecule has 1 heterocycles. The molecule has 2 atom stereocenters. The summed E-state index contributed by atoms with van der Waals surface area (Å²) >= 11 is 0. The Bertz CT molecular complexity index is 147. The summed E-state index contributed by atoms with van der Waals surface area (Å²) in [5.41, 5.74) is 0. The Balaban J connectivity index is 2.52. The van der Waals surface area contributed by atoms with Gasteiger partial charge in [0.1, 0.15) is 19.2 Å². The monoisotopic (exact) mass is 159 g/mol. The first kappa shape index (κ1) is 8.67. The number of hydrogen-bond donors (Lipinski definition) is 1. The van der Waals surface area contributed by atoms with Crippen LogP contribution in [0.2, 0.25) is 0 Å². The number of morpholine rings is 1. The van der Waals surface area contributed by atoms with Crippen LogP contribution in [-0.2, 0) is 4.74 Å². The molecule has 1 rings (SSSR count). The van der Waals surface area contributed by atoms with Gasteiger partial charge in [-0.05, 0) is 0 Å². The largest absolute Gasteiger partial charge is 0.598 e. The van der Waals surface area contributed by atoms with E-state index in [2.05, 4.69) is 6.58 Å². The SMILES string of the molecule is C=CCC1COCC[N+]1([O-])O. The third-order valence-corrected chi connectivity index (χ3v) is 1.88. The van der Waals surface area contributed by atoms with Crippen molar-refractivity contribution >= 4 is 0 Å². The van der Waals surface area contributed by atoms with Crippen LogP contribution in [0.3, 0.4) is 0 Å². The van der Waals surface area contributed by atoms with Gasteiger partial charge >= 0.3 is 0 Å². The fraction of sp³-hybridized carbons (Fsp3) is 0.714. The summed E-state index contributed by atoms with van der Waals surface area (Å²) in [4.78, 5) is -1.17. The maximum absolute atomic E-state index is 11.2. The van der Waals surface area contributed by atoms with E-state index in [0.29, 0.717) is 19.6 Å². The molecule has 0 aromatic heterocycles. The fourth-order valence-electron chi connectivity index (χ4n) is 1.14. The summed E-state index contributed by atoms with van der Waals surface area (Å²) in [6.45, 7) is 4.29. The molecule has 0 aliphatic carbocycles. The lowest BCUT2D eigenvalue weighted by atomic mass is 10.2. The molecule has 0 spiro atoms. The number of rotatable bonds is 2. The minimum absolute atomic E-state index is 0.124. The number of hydrogen-bond acceptors (Lipinski definition) is 3. The molecule has 1 saturated heterocycles. The molecule has 1 N–H and O–H groups in total. The zero-order valence-electron chi connectivity index (χ0n) is 6.40. The van der Waals surface area contributed by atoms with Gasteiger partial charge in [0.05, 0.1) is 6.61 Å². The Morgan fingerprint density at radius 2 is 2.55 bits per heavy atom. The summed E-state index contributed by atoms with van der Waals surface area (Å²) in [5, 5.41) is 20.4. The minimum atomic E-state index is -1.17. The lowest BCUT2D eigenvalue weighted by Gasteiger charge is -2.43. The van der Waals surface area contributed by atoms with E-state index in [1.165, 1.54) is 0 Å². The average molecular weight is 159 g/mol. The first-order valence-electron chi connectivity index (χ1n) is 3.67. The molecule has 64 valence electrons. The van der Waals surface area contributed by atoms with Crippen LogP contribution in [0.25, 0.3) is 0 Å². The van der Waals surface area contributed by atoms with Gasteiger partial charge in [0, 0.05) is 6.42 Å². The predicted octanol–water partition coefficient (Wildman–Crippen LogP) is 0.665. The molecule has 0 amide bonds. The molecule has 0 radical (unpaired) electrons. The first-order chi connectivity index (χ1) is 5.17. The first-order valence-corrected chi connectivity index (χ1v) is 3.67. The smallest absolute Gasteiger partial charge is 0.145 e. The van der Waals surface area contributed by atoms with Gasteiger partial charge in [-0.25, -0.2) is 10.0 Å². The lowest BCUT2D eigenvalue weighted by Crippen LogP contribution is -2.55. The van der Waals surface area contributed by atoms with E-state index in [-0.39, 0.29) is 12.6 Å². The maximum Gasteiger partial charge on any atom is 0.145 e. The second-order valence-corrected chi connectivity index (χ2v) is 2.73. The van der Waals surface area contributed by atoms with Crippen molar-refractivity contribution in [2.45, 2.75) is 12.5 Å².